The number of fused-ring (bicyclic) bond motifs is 2. The summed E-state index contributed by atoms with van der Waals surface area (Å²) in [5.74, 6) is 0.723. The highest BCUT2D eigenvalue weighted by atomic mass is 16.5. The van der Waals surface area contributed by atoms with Crippen molar-refractivity contribution in [1.82, 2.24) is 24.8 Å². The molecular formula is C33H40N8O2. The van der Waals surface area contributed by atoms with E-state index in [-0.39, 0.29) is 24.5 Å². The molecule has 3 aromatic rings. The van der Waals surface area contributed by atoms with Gasteiger partial charge in [0.05, 0.1) is 24.1 Å². The molecular weight excluding hydrogens is 540 g/mol. The number of benzene rings is 1. The molecule has 0 radical (unpaired) electrons. The van der Waals surface area contributed by atoms with E-state index < -0.39 is 0 Å². The fraction of sp³-hybridized carbons (Fsp3) is 0.485. The van der Waals surface area contributed by atoms with E-state index in [1.807, 2.05) is 12.4 Å². The minimum absolute atomic E-state index is 0.134. The molecule has 2 fully saturated rings. The van der Waals surface area contributed by atoms with Crippen molar-refractivity contribution >= 4 is 28.2 Å². The van der Waals surface area contributed by atoms with Crippen molar-refractivity contribution < 1.29 is 9.53 Å². The molecule has 1 aliphatic carbocycles. The molecule has 1 amide bonds. The summed E-state index contributed by atoms with van der Waals surface area (Å²) in [6.45, 7) is 19.3. The van der Waals surface area contributed by atoms with Gasteiger partial charge < -0.3 is 24.3 Å². The highest BCUT2D eigenvalue weighted by Gasteiger charge is 2.35. The maximum Gasteiger partial charge on any atom is 0.318 e. The number of piperazine rings is 1. The zero-order chi connectivity index (χ0) is 30.1. The van der Waals surface area contributed by atoms with E-state index in [1.165, 1.54) is 29.9 Å². The van der Waals surface area contributed by atoms with Gasteiger partial charge in [0.1, 0.15) is 18.5 Å². The van der Waals surface area contributed by atoms with Gasteiger partial charge in [-0.3, -0.25) is 14.7 Å². The lowest BCUT2D eigenvalue weighted by Gasteiger charge is -2.41. The average Bonchev–Trinajstić information content (AvgIpc) is 3.88. The Morgan fingerprint density at radius 2 is 2.07 bits per heavy atom. The Morgan fingerprint density at radius 1 is 1.23 bits per heavy atom. The van der Waals surface area contributed by atoms with Crippen molar-refractivity contribution in [3.05, 3.63) is 71.5 Å². The van der Waals surface area contributed by atoms with Gasteiger partial charge in [-0.1, -0.05) is 24.8 Å². The smallest absolute Gasteiger partial charge is 0.318 e. The molecule has 6 rings (SSSR count). The fourth-order valence-electron chi connectivity index (χ4n) is 6.43. The predicted molar refractivity (Wildman–Crippen MR) is 168 cm³/mol. The van der Waals surface area contributed by atoms with E-state index in [1.54, 1.807) is 4.90 Å². The van der Waals surface area contributed by atoms with Crippen LogP contribution in [0, 0.1) is 13.5 Å². The van der Waals surface area contributed by atoms with Crippen LogP contribution in [0.4, 0.5) is 11.5 Å². The molecule has 2 aliphatic heterocycles. The van der Waals surface area contributed by atoms with Crippen molar-refractivity contribution in [2.45, 2.75) is 57.8 Å². The Hall–Kier alpha value is -4.23. The summed E-state index contributed by atoms with van der Waals surface area (Å²) >= 11 is 0. The molecule has 224 valence electrons. The first kappa shape index (κ1) is 28.9. The van der Waals surface area contributed by atoms with Crippen molar-refractivity contribution in [1.29, 1.82) is 0 Å². The van der Waals surface area contributed by atoms with E-state index >= 15 is 0 Å². The first-order chi connectivity index (χ1) is 20.9. The van der Waals surface area contributed by atoms with Gasteiger partial charge in [-0.05, 0) is 51.8 Å². The molecule has 4 heterocycles. The third-order valence-electron chi connectivity index (χ3n) is 9.15. The molecule has 0 bridgehead atoms. The Bertz CT molecular complexity index is 1560. The van der Waals surface area contributed by atoms with Gasteiger partial charge in [0, 0.05) is 60.8 Å². The monoisotopic (exact) mass is 580 g/mol. The second kappa shape index (κ2) is 12.2. The van der Waals surface area contributed by atoms with Crippen molar-refractivity contribution in [2.75, 3.05) is 56.2 Å². The van der Waals surface area contributed by atoms with Crippen LogP contribution >= 0.6 is 0 Å². The number of ether oxygens (including phenoxy) is 1. The van der Waals surface area contributed by atoms with Crippen LogP contribution in [0.1, 0.15) is 36.6 Å². The van der Waals surface area contributed by atoms with Gasteiger partial charge in [0.25, 0.3) is 0 Å². The minimum Gasteiger partial charge on any atom is -0.462 e. The van der Waals surface area contributed by atoms with Crippen molar-refractivity contribution in [3.8, 4) is 6.01 Å². The summed E-state index contributed by atoms with van der Waals surface area (Å²) in [6.07, 6.45) is 8.47. The number of aromatic nitrogens is 3. The third kappa shape index (κ3) is 5.87. The van der Waals surface area contributed by atoms with Gasteiger partial charge in [0.15, 0.2) is 0 Å². The Kier molecular flexibility index (Phi) is 8.17. The maximum absolute atomic E-state index is 12.6. The minimum atomic E-state index is -0.233. The van der Waals surface area contributed by atoms with E-state index in [0.29, 0.717) is 44.8 Å². The first-order valence-electron chi connectivity index (χ1n) is 15.2. The Labute approximate surface area is 253 Å². The number of amides is 1. The van der Waals surface area contributed by atoms with Crippen LogP contribution in [-0.4, -0.2) is 95.2 Å². The molecule has 2 atom stereocenters. The Balaban J connectivity index is 1.33. The lowest BCUT2D eigenvalue weighted by Crippen LogP contribution is -2.56. The Morgan fingerprint density at radius 3 is 2.84 bits per heavy atom. The van der Waals surface area contributed by atoms with E-state index in [0.717, 1.165) is 41.1 Å². The third-order valence-corrected chi connectivity index (χ3v) is 9.15. The van der Waals surface area contributed by atoms with Gasteiger partial charge >= 0.3 is 6.01 Å². The number of rotatable bonds is 9. The SMILES string of the molecule is [C-]#[N+]C[C@H]1CN(c2nc(OC[C@@H](C)N(C)C3CC3)nc3c2CCN(c2cncc4cccc(C)c24)C3)CCN1C(=O)C=C. The summed E-state index contributed by atoms with van der Waals surface area (Å²) < 4.78 is 6.30. The van der Waals surface area contributed by atoms with Crippen LogP contribution in [0.25, 0.3) is 15.6 Å². The molecule has 0 N–H and O–H groups in total. The zero-order valence-corrected chi connectivity index (χ0v) is 25.4. The fourth-order valence-corrected chi connectivity index (χ4v) is 6.43. The van der Waals surface area contributed by atoms with E-state index in [2.05, 4.69) is 70.2 Å². The molecule has 1 saturated carbocycles. The van der Waals surface area contributed by atoms with Crippen LogP contribution in [0.5, 0.6) is 6.01 Å². The predicted octanol–water partition coefficient (Wildman–Crippen LogP) is 3.88. The molecule has 1 saturated heterocycles. The summed E-state index contributed by atoms with van der Waals surface area (Å²) in [7, 11) is 2.16. The number of carbonyl (C=O) groups excluding carboxylic acids is 1. The lowest BCUT2D eigenvalue weighted by molar-refractivity contribution is -0.128. The molecule has 0 unspecified atom stereocenters. The van der Waals surface area contributed by atoms with Crippen molar-refractivity contribution in [3.63, 3.8) is 0 Å². The highest BCUT2D eigenvalue weighted by Crippen LogP contribution is 2.35. The molecule has 10 heteroatoms. The largest absolute Gasteiger partial charge is 0.462 e. The molecule has 43 heavy (non-hydrogen) atoms. The van der Waals surface area contributed by atoms with Crippen LogP contribution in [0.15, 0.2) is 43.2 Å². The van der Waals surface area contributed by atoms with Gasteiger partial charge in [-0.15, -0.1) is 0 Å². The van der Waals surface area contributed by atoms with E-state index in [9.17, 15) is 4.79 Å². The summed E-state index contributed by atoms with van der Waals surface area (Å²) in [5, 5.41) is 2.34. The quantitative estimate of drug-likeness (QED) is 0.279. The van der Waals surface area contributed by atoms with Crippen LogP contribution in [-0.2, 0) is 17.8 Å². The van der Waals surface area contributed by atoms with Gasteiger partial charge in [0.2, 0.25) is 12.5 Å². The van der Waals surface area contributed by atoms with Crippen LogP contribution < -0.4 is 14.5 Å². The number of anilines is 2. The molecule has 10 nitrogen and oxygen atoms in total. The molecule has 1 aromatic carbocycles. The first-order valence-corrected chi connectivity index (χ1v) is 15.2. The summed E-state index contributed by atoms with van der Waals surface area (Å²) in [5.41, 5.74) is 4.39. The lowest BCUT2D eigenvalue weighted by atomic mass is 10.0. The van der Waals surface area contributed by atoms with Gasteiger partial charge in [-0.25, -0.2) is 6.57 Å². The van der Waals surface area contributed by atoms with Crippen LogP contribution in [0.3, 0.4) is 0 Å². The van der Waals surface area contributed by atoms with Gasteiger partial charge in [-0.2, -0.15) is 9.97 Å². The standard InChI is InChI=1S/C33H40N8O2/c1-6-30(42)41-15-14-40(19-26(41)17-34-4)32-27-12-13-39(29-18-35-16-24-9-7-8-22(2)31(24)29)20-28(27)36-33(37-32)43-21-23(3)38(5)25-10-11-25/h6-9,16,18,23,25-26H,1,10-15,17,19-21H2,2-3,5H3/t23-,26+/m1/s1. The molecule has 0 spiro atoms. The second-order valence-corrected chi connectivity index (χ2v) is 12.0. The number of nitrogens with zero attached hydrogens (tertiary/aromatic N) is 8. The summed E-state index contributed by atoms with van der Waals surface area (Å²) in [4.78, 5) is 39.4. The number of pyridine rings is 1. The molecule has 3 aliphatic rings. The highest BCUT2D eigenvalue weighted by molar-refractivity contribution is 5.96. The number of hydrogen-bond donors (Lipinski definition) is 0. The topological polar surface area (TPSA) is 82.3 Å². The number of carbonyl (C=O) groups is 1. The van der Waals surface area contributed by atoms with Crippen molar-refractivity contribution in [2.24, 2.45) is 0 Å². The summed E-state index contributed by atoms with van der Waals surface area (Å²) in [6, 6.07) is 7.36. The number of aryl methyl sites for hydroxylation is 1. The second-order valence-electron chi connectivity index (χ2n) is 12.0. The zero-order valence-electron chi connectivity index (χ0n) is 25.4. The average molecular weight is 581 g/mol. The maximum atomic E-state index is 12.6. The number of hydrogen-bond acceptors (Lipinski definition) is 8. The number of likely N-dealkylation sites (N-methyl/N-ethyl adjacent to an activating group) is 1. The normalized spacial score (nSPS) is 19.2. The van der Waals surface area contributed by atoms with Crippen LogP contribution in [0.2, 0.25) is 0 Å². The molecule has 2 aromatic heterocycles. The van der Waals surface area contributed by atoms with E-state index in [4.69, 9.17) is 21.3 Å².